The Balaban J connectivity index is 1.82. The first-order chi connectivity index (χ1) is 21.1. The van der Waals surface area contributed by atoms with E-state index in [0.29, 0.717) is 46.3 Å². The summed E-state index contributed by atoms with van der Waals surface area (Å²) in [5.74, 6) is 0.829. The van der Waals surface area contributed by atoms with E-state index in [1.807, 2.05) is 36.4 Å². The SMILES string of the molecule is CCCCCCCCOC(=O)Oc1c2ccccc2c(OC(=O)OCCCCCCCC)c2cc(CCCCC)ccc12. The number of hydrogen-bond acceptors (Lipinski definition) is 6. The molecule has 0 saturated heterocycles. The summed E-state index contributed by atoms with van der Waals surface area (Å²) >= 11 is 0. The summed E-state index contributed by atoms with van der Waals surface area (Å²) in [6.45, 7) is 7.23. The van der Waals surface area contributed by atoms with E-state index in [9.17, 15) is 9.59 Å². The molecule has 0 spiro atoms. The fourth-order valence-corrected chi connectivity index (χ4v) is 5.40. The number of carbonyl (C=O) groups excluding carboxylic acids is 2. The highest BCUT2D eigenvalue weighted by molar-refractivity contribution is 6.12. The zero-order valence-corrected chi connectivity index (χ0v) is 26.7. The van der Waals surface area contributed by atoms with Gasteiger partial charge in [0, 0.05) is 21.5 Å². The van der Waals surface area contributed by atoms with Gasteiger partial charge in [-0.1, -0.05) is 134 Å². The molecule has 0 bridgehead atoms. The Kier molecular flexibility index (Phi) is 15.8. The minimum absolute atomic E-state index is 0.327. The number of ether oxygens (including phenoxy) is 4. The molecule has 3 aromatic rings. The highest BCUT2D eigenvalue weighted by Crippen LogP contribution is 2.43. The number of fused-ring (bicyclic) bond motifs is 2. The number of aryl methyl sites for hydroxylation is 1. The fourth-order valence-electron chi connectivity index (χ4n) is 5.40. The van der Waals surface area contributed by atoms with Gasteiger partial charge in [0.2, 0.25) is 0 Å². The van der Waals surface area contributed by atoms with Crippen molar-refractivity contribution in [1.29, 1.82) is 0 Å². The molecule has 236 valence electrons. The third-order valence-electron chi connectivity index (χ3n) is 7.86. The molecule has 3 rings (SSSR count). The van der Waals surface area contributed by atoms with Crippen LogP contribution < -0.4 is 9.47 Å². The first kappa shape index (κ1) is 34.2. The molecule has 0 saturated carbocycles. The fraction of sp³-hybridized carbons (Fsp3) is 0.568. The van der Waals surface area contributed by atoms with Crippen LogP contribution in [0.1, 0.15) is 123 Å². The second-order valence-electron chi connectivity index (χ2n) is 11.5. The second-order valence-corrected chi connectivity index (χ2v) is 11.5. The normalized spacial score (nSPS) is 11.1. The van der Waals surface area contributed by atoms with Gasteiger partial charge in [-0.05, 0) is 37.3 Å². The lowest BCUT2D eigenvalue weighted by Gasteiger charge is -2.17. The molecule has 6 heteroatoms. The maximum atomic E-state index is 12.9. The van der Waals surface area contributed by atoms with Crippen LogP contribution in [0.3, 0.4) is 0 Å². The largest absolute Gasteiger partial charge is 0.513 e. The quantitative estimate of drug-likeness (QED) is 0.0562. The molecule has 0 radical (unpaired) electrons. The topological polar surface area (TPSA) is 71.1 Å². The van der Waals surface area contributed by atoms with Gasteiger partial charge in [0.1, 0.15) is 11.5 Å². The molecule has 0 aliphatic carbocycles. The van der Waals surface area contributed by atoms with E-state index in [2.05, 4.69) is 26.8 Å². The van der Waals surface area contributed by atoms with Crippen molar-refractivity contribution < 1.29 is 28.5 Å². The van der Waals surface area contributed by atoms with Gasteiger partial charge < -0.3 is 18.9 Å². The van der Waals surface area contributed by atoms with Crippen LogP contribution in [-0.4, -0.2) is 25.5 Å². The molecule has 0 heterocycles. The molecule has 0 aliphatic rings. The van der Waals surface area contributed by atoms with E-state index in [0.717, 1.165) is 69.8 Å². The average Bonchev–Trinajstić information content (AvgIpc) is 3.01. The summed E-state index contributed by atoms with van der Waals surface area (Å²) in [4.78, 5) is 25.7. The van der Waals surface area contributed by atoms with Crippen molar-refractivity contribution in [3.63, 3.8) is 0 Å². The molecular weight excluding hydrogens is 540 g/mol. The molecule has 0 N–H and O–H groups in total. The smallest absolute Gasteiger partial charge is 0.434 e. The standard InChI is InChI=1S/C37H52O6/c1-4-7-10-12-14-19-26-40-36(38)42-34-30-22-17-18-23-31(30)35(43-37(39)41-27-20-15-13-11-8-5-2)33-28-29(21-16-9-6-3)24-25-32(33)34/h17-18,22-25,28H,4-16,19-21,26-27H2,1-3H3. The Morgan fingerprint density at radius 1 is 0.512 bits per heavy atom. The van der Waals surface area contributed by atoms with Crippen molar-refractivity contribution in [2.75, 3.05) is 13.2 Å². The van der Waals surface area contributed by atoms with Crippen LogP contribution in [0.5, 0.6) is 11.5 Å². The number of rotatable bonds is 20. The molecule has 0 aromatic heterocycles. The van der Waals surface area contributed by atoms with Crippen molar-refractivity contribution in [3.05, 3.63) is 48.0 Å². The van der Waals surface area contributed by atoms with Gasteiger partial charge in [-0.15, -0.1) is 0 Å². The van der Waals surface area contributed by atoms with E-state index < -0.39 is 12.3 Å². The predicted octanol–water partition coefficient (Wildman–Crippen LogP) is 11.5. The zero-order valence-electron chi connectivity index (χ0n) is 26.7. The number of benzene rings is 3. The van der Waals surface area contributed by atoms with Crippen molar-refractivity contribution in [2.45, 2.75) is 124 Å². The van der Waals surface area contributed by atoms with Crippen molar-refractivity contribution >= 4 is 33.9 Å². The summed E-state index contributed by atoms with van der Waals surface area (Å²) in [7, 11) is 0. The monoisotopic (exact) mass is 592 g/mol. The van der Waals surface area contributed by atoms with Crippen LogP contribution in [0.2, 0.25) is 0 Å². The van der Waals surface area contributed by atoms with E-state index >= 15 is 0 Å². The molecular formula is C37H52O6. The van der Waals surface area contributed by atoms with Crippen LogP contribution in [0.4, 0.5) is 9.59 Å². The van der Waals surface area contributed by atoms with Gasteiger partial charge in [0.25, 0.3) is 0 Å². The zero-order chi connectivity index (χ0) is 30.7. The molecule has 6 nitrogen and oxygen atoms in total. The van der Waals surface area contributed by atoms with Crippen molar-refractivity contribution in [2.24, 2.45) is 0 Å². The van der Waals surface area contributed by atoms with E-state index in [-0.39, 0.29) is 0 Å². The van der Waals surface area contributed by atoms with E-state index in [1.54, 1.807) is 0 Å². The maximum Gasteiger partial charge on any atom is 0.513 e. The van der Waals surface area contributed by atoms with E-state index in [1.165, 1.54) is 38.5 Å². The molecule has 43 heavy (non-hydrogen) atoms. The number of carbonyl (C=O) groups is 2. The molecule has 0 unspecified atom stereocenters. The van der Waals surface area contributed by atoms with Gasteiger partial charge in [0.15, 0.2) is 0 Å². The van der Waals surface area contributed by atoms with Crippen LogP contribution in [0, 0.1) is 0 Å². The van der Waals surface area contributed by atoms with Crippen LogP contribution >= 0.6 is 0 Å². The molecule has 0 atom stereocenters. The maximum absolute atomic E-state index is 12.9. The van der Waals surface area contributed by atoms with Gasteiger partial charge in [0.05, 0.1) is 13.2 Å². The summed E-state index contributed by atoms with van der Waals surface area (Å²) < 4.78 is 22.7. The Morgan fingerprint density at radius 2 is 0.953 bits per heavy atom. The Bertz CT molecular complexity index is 1270. The third-order valence-corrected chi connectivity index (χ3v) is 7.86. The lowest BCUT2D eigenvalue weighted by Crippen LogP contribution is -2.14. The highest BCUT2D eigenvalue weighted by Gasteiger charge is 2.21. The summed E-state index contributed by atoms with van der Waals surface area (Å²) in [5.41, 5.74) is 1.14. The Labute approximate surface area is 258 Å². The van der Waals surface area contributed by atoms with Crippen molar-refractivity contribution in [1.82, 2.24) is 0 Å². The number of hydrogen-bond donors (Lipinski definition) is 0. The second kappa shape index (κ2) is 19.8. The summed E-state index contributed by atoms with van der Waals surface area (Å²) in [6, 6.07) is 13.6. The predicted molar refractivity (Wildman–Crippen MR) is 175 cm³/mol. The number of unbranched alkanes of at least 4 members (excludes halogenated alkanes) is 12. The first-order valence-corrected chi connectivity index (χ1v) is 16.8. The summed E-state index contributed by atoms with van der Waals surface area (Å²) in [5, 5.41) is 2.75. The molecule has 0 fully saturated rings. The highest BCUT2D eigenvalue weighted by atomic mass is 16.7. The minimum Gasteiger partial charge on any atom is -0.434 e. The molecule has 3 aromatic carbocycles. The van der Waals surface area contributed by atoms with Gasteiger partial charge in [-0.3, -0.25) is 0 Å². The van der Waals surface area contributed by atoms with Crippen LogP contribution in [0.15, 0.2) is 42.5 Å². The van der Waals surface area contributed by atoms with Crippen LogP contribution in [-0.2, 0) is 15.9 Å². The minimum atomic E-state index is -0.723. The van der Waals surface area contributed by atoms with Crippen LogP contribution in [0.25, 0.3) is 21.5 Å². The molecule has 0 amide bonds. The van der Waals surface area contributed by atoms with Crippen molar-refractivity contribution in [3.8, 4) is 11.5 Å². The van der Waals surface area contributed by atoms with Gasteiger partial charge >= 0.3 is 12.3 Å². The lowest BCUT2D eigenvalue weighted by molar-refractivity contribution is 0.0965. The van der Waals surface area contributed by atoms with Gasteiger partial charge in [-0.25, -0.2) is 9.59 Å². The average molecular weight is 593 g/mol. The third kappa shape index (κ3) is 11.4. The van der Waals surface area contributed by atoms with Gasteiger partial charge in [-0.2, -0.15) is 0 Å². The Hall–Kier alpha value is -3.28. The first-order valence-electron chi connectivity index (χ1n) is 16.8. The van der Waals surface area contributed by atoms with E-state index in [4.69, 9.17) is 18.9 Å². The summed E-state index contributed by atoms with van der Waals surface area (Å²) in [6.07, 6.45) is 16.1. The Morgan fingerprint density at radius 3 is 1.49 bits per heavy atom. The lowest BCUT2D eigenvalue weighted by atomic mass is 9.97. The molecule has 0 aliphatic heterocycles.